The van der Waals surface area contributed by atoms with Crippen LogP contribution in [0.5, 0.6) is 5.75 Å². The van der Waals surface area contributed by atoms with Crippen LogP contribution in [0, 0.1) is 5.92 Å². The molecule has 0 aromatic heterocycles. The molecule has 0 heterocycles. The number of nitrogens with zero attached hydrogens (tertiary/aromatic N) is 2. The van der Waals surface area contributed by atoms with Crippen LogP contribution in [0.15, 0.2) is 29.3 Å². The van der Waals surface area contributed by atoms with E-state index in [2.05, 4.69) is 28.2 Å². The van der Waals surface area contributed by atoms with Crippen molar-refractivity contribution in [3.05, 3.63) is 29.8 Å². The van der Waals surface area contributed by atoms with Crippen LogP contribution >= 0.6 is 24.0 Å². The van der Waals surface area contributed by atoms with Gasteiger partial charge in [-0.2, -0.15) is 0 Å². The SMILES string of the molecule is CN=C(NCC(C)c1ccccc1OC)N(C)CCOCC1CC1.I. The highest BCUT2D eigenvalue weighted by Crippen LogP contribution is 2.28. The first-order valence-electron chi connectivity index (χ1n) is 8.78. The zero-order chi connectivity index (χ0) is 17.4. The molecule has 142 valence electrons. The predicted molar refractivity (Wildman–Crippen MR) is 114 cm³/mol. The van der Waals surface area contributed by atoms with Crippen LogP contribution in [0.3, 0.4) is 0 Å². The zero-order valence-electron chi connectivity index (χ0n) is 15.8. The molecular weight excluding hydrogens is 429 g/mol. The van der Waals surface area contributed by atoms with Gasteiger partial charge in [0.1, 0.15) is 5.75 Å². The standard InChI is InChI=1S/C19H31N3O2.HI/c1-15(17-7-5-6-8-18(17)23-4)13-21-19(20-2)22(3)11-12-24-14-16-9-10-16;/h5-8,15-16H,9-14H2,1-4H3,(H,20,21);1H. The van der Waals surface area contributed by atoms with Gasteiger partial charge in [-0.25, -0.2) is 0 Å². The van der Waals surface area contributed by atoms with E-state index < -0.39 is 0 Å². The Bertz CT molecular complexity index is 535. The molecule has 0 spiro atoms. The Balaban J connectivity index is 0.00000312. The number of guanidine groups is 1. The van der Waals surface area contributed by atoms with E-state index in [4.69, 9.17) is 9.47 Å². The molecule has 1 atom stereocenters. The molecule has 0 bridgehead atoms. The van der Waals surface area contributed by atoms with Gasteiger partial charge in [-0.15, -0.1) is 24.0 Å². The maximum Gasteiger partial charge on any atom is 0.193 e. The van der Waals surface area contributed by atoms with E-state index in [0.29, 0.717) is 5.92 Å². The topological polar surface area (TPSA) is 46.1 Å². The third kappa shape index (κ3) is 7.40. The summed E-state index contributed by atoms with van der Waals surface area (Å²) in [5.41, 5.74) is 1.21. The number of benzene rings is 1. The van der Waals surface area contributed by atoms with Crippen molar-refractivity contribution in [3.63, 3.8) is 0 Å². The van der Waals surface area contributed by atoms with Crippen molar-refractivity contribution >= 4 is 29.9 Å². The molecule has 1 N–H and O–H groups in total. The van der Waals surface area contributed by atoms with Gasteiger partial charge >= 0.3 is 0 Å². The minimum absolute atomic E-state index is 0. The van der Waals surface area contributed by atoms with Crippen molar-refractivity contribution in [2.45, 2.75) is 25.7 Å². The summed E-state index contributed by atoms with van der Waals surface area (Å²) in [5.74, 6) is 2.97. The van der Waals surface area contributed by atoms with Crippen molar-refractivity contribution < 1.29 is 9.47 Å². The summed E-state index contributed by atoms with van der Waals surface area (Å²) in [6.07, 6.45) is 2.67. The average Bonchev–Trinajstić information content (AvgIpc) is 3.43. The number of ether oxygens (including phenoxy) is 2. The van der Waals surface area contributed by atoms with E-state index in [1.54, 1.807) is 7.11 Å². The van der Waals surface area contributed by atoms with Gasteiger partial charge in [-0.05, 0) is 30.4 Å². The maximum absolute atomic E-state index is 5.71. The molecule has 1 saturated carbocycles. The minimum Gasteiger partial charge on any atom is -0.496 e. The van der Waals surface area contributed by atoms with Crippen LogP contribution in [-0.4, -0.2) is 58.4 Å². The smallest absolute Gasteiger partial charge is 0.193 e. The Hall–Kier alpha value is -1.02. The third-order valence-corrected chi connectivity index (χ3v) is 4.43. The lowest BCUT2D eigenvalue weighted by atomic mass is 10.0. The number of nitrogens with one attached hydrogen (secondary N) is 1. The number of halogens is 1. The Morgan fingerprint density at radius 1 is 1.36 bits per heavy atom. The first kappa shape index (κ1) is 22.0. The van der Waals surface area contributed by atoms with Crippen molar-refractivity contribution in [1.82, 2.24) is 10.2 Å². The first-order valence-corrected chi connectivity index (χ1v) is 8.78. The number of likely N-dealkylation sites (N-methyl/N-ethyl adjacent to an activating group) is 1. The molecule has 1 aromatic carbocycles. The minimum atomic E-state index is 0. The second-order valence-electron chi connectivity index (χ2n) is 6.51. The van der Waals surface area contributed by atoms with Crippen LogP contribution in [0.2, 0.25) is 0 Å². The van der Waals surface area contributed by atoms with Crippen molar-refractivity contribution in [1.29, 1.82) is 0 Å². The summed E-state index contributed by atoms with van der Waals surface area (Å²) in [5, 5.41) is 3.45. The third-order valence-electron chi connectivity index (χ3n) is 4.43. The quantitative estimate of drug-likeness (QED) is 0.265. The van der Waals surface area contributed by atoms with Gasteiger partial charge in [0.25, 0.3) is 0 Å². The summed E-state index contributed by atoms with van der Waals surface area (Å²) in [4.78, 5) is 6.48. The van der Waals surface area contributed by atoms with E-state index in [-0.39, 0.29) is 24.0 Å². The Morgan fingerprint density at radius 3 is 2.72 bits per heavy atom. The van der Waals surface area contributed by atoms with Gasteiger partial charge in [-0.1, -0.05) is 25.1 Å². The largest absolute Gasteiger partial charge is 0.496 e. The highest BCUT2D eigenvalue weighted by atomic mass is 127. The molecule has 1 unspecified atom stereocenters. The fraction of sp³-hybridized carbons (Fsp3) is 0.632. The number of methoxy groups -OCH3 is 1. The molecule has 6 heteroatoms. The summed E-state index contributed by atoms with van der Waals surface area (Å²) in [6, 6.07) is 8.16. The second kappa shape index (κ2) is 11.6. The number of rotatable bonds is 9. The molecule has 1 aromatic rings. The molecule has 0 aliphatic heterocycles. The van der Waals surface area contributed by atoms with Crippen LogP contribution in [0.4, 0.5) is 0 Å². The van der Waals surface area contributed by atoms with Gasteiger partial charge in [0.2, 0.25) is 0 Å². The van der Waals surface area contributed by atoms with Crippen molar-refractivity contribution in [2.24, 2.45) is 10.9 Å². The summed E-state index contributed by atoms with van der Waals surface area (Å²) in [7, 11) is 5.58. The second-order valence-corrected chi connectivity index (χ2v) is 6.51. The van der Waals surface area contributed by atoms with E-state index in [1.807, 2.05) is 32.3 Å². The number of aliphatic imine (C=N–C) groups is 1. The molecule has 0 radical (unpaired) electrons. The van der Waals surface area contributed by atoms with Crippen molar-refractivity contribution in [3.8, 4) is 5.75 Å². The Morgan fingerprint density at radius 2 is 2.08 bits per heavy atom. The van der Waals surface area contributed by atoms with Crippen LogP contribution in [0.25, 0.3) is 0 Å². The van der Waals surface area contributed by atoms with Crippen molar-refractivity contribution in [2.75, 3.05) is 47.5 Å². The maximum atomic E-state index is 5.71. The van der Waals surface area contributed by atoms with E-state index in [9.17, 15) is 0 Å². The van der Waals surface area contributed by atoms with Gasteiger partial charge in [0.15, 0.2) is 5.96 Å². The first-order chi connectivity index (χ1) is 11.7. The average molecular weight is 461 g/mol. The molecular formula is C19H32IN3O2. The van der Waals surface area contributed by atoms with E-state index in [1.165, 1.54) is 18.4 Å². The monoisotopic (exact) mass is 461 g/mol. The summed E-state index contributed by atoms with van der Waals surface area (Å²) >= 11 is 0. The Labute approximate surface area is 169 Å². The Kier molecular flexibility index (Phi) is 10.2. The predicted octanol–water partition coefficient (Wildman–Crippen LogP) is 3.35. The molecule has 1 aliphatic rings. The van der Waals surface area contributed by atoms with Crippen LogP contribution in [-0.2, 0) is 4.74 Å². The highest BCUT2D eigenvalue weighted by molar-refractivity contribution is 14.0. The van der Waals surface area contributed by atoms with Gasteiger partial charge < -0.3 is 19.7 Å². The molecule has 5 nitrogen and oxygen atoms in total. The zero-order valence-corrected chi connectivity index (χ0v) is 18.2. The molecule has 25 heavy (non-hydrogen) atoms. The number of hydrogen-bond acceptors (Lipinski definition) is 3. The molecule has 1 fully saturated rings. The molecule has 1 aliphatic carbocycles. The molecule has 0 saturated heterocycles. The van der Waals surface area contributed by atoms with E-state index >= 15 is 0 Å². The number of hydrogen-bond donors (Lipinski definition) is 1. The van der Waals surface area contributed by atoms with Crippen LogP contribution < -0.4 is 10.1 Å². The lowest BCUT2D eigenvalue weighted by molar-refractivity contribution is 0.115. The van der Waals surface area contributed by atoms with Gasteiger partial charge in [0.05, 0.1) is 13.7 Å². The molecule has 0 amide bonds. The fourth-order valence-electron chi connectivity index (χ4n) is 2.65. The van der Waals surface area contributed by atoms with Gasteiger partial charge in [-0.3, -0.25) is 4.99 Å². The summed E-state index contributed by atoms with van der Waals surface area (Å²) < 4.78 is 11.2. The van der Waals surface area contributed by atoms with E-state index in [0.717, 1.165) is 43.9 Å². The number of para-hydroxylation sites is 1. The summed E-state index contributed by atoms with van der Waals surface area (Å²) in [6.45, 7) is 5.49. The highest BCUT2D eigenvalue weighted by Gasteiger charge is 2.21. The molecule has 2 rings (SSSR count). The normalized spacial score (nSPS) is 15.3. The lowest BCUT2D eigenvalue weighted by Crippen LogP contribution is -2.41. The van der Waals surface area contributed by atoms with Crippen LogP contribution in [0.1, 0.15) is 31.2 Å². The fourth-order valence-corrected chi connectivity index (χ4v) is 2.65. The van der Waals surface area contributed by atoms with Gasteiger partial charge in [0, 0.05) is 39.7 Å². The lowest BCUT2D eigenvalue weighted by Gasteiger charge is -2.24.